The van der Waals surface area contributed by atoms with E-state index in [4.69, 9.17) is 75.0 Å². The third-order valence-corrected chi connectivity index (χ3v) is 0. The van der Waals surface area contributed by atoms with E-state index < -0.39 is 28.2 Å². The normalized spacial score (nSPS) is 6.50. The van der Waals surface area contributed by atoms with Gasteiger partial charge in [0.2, 0.25) is 0 Å². The van der Waals surface area contributed by atoms with E-state index in [1.54, 1.807) is 0 Å². The van der Waals surface area contributed by atoms with Gasteiger partial charge in [-0.15, -0.1) is 0 Å². The molecule has 0 aromatic heterocycles. The summed E-state index contributed by atoms with van der Waals surface area (Å²) in [4.78, 5) is 24.8. The molecular weight excluding hydrogens is 514 g/mol. The van der Waals surface area contributed by atoms with Gasteiger partial charge in [-0.1, -0.05) is 0 Å². The van der Waals surface area contributed by atoms with Crippen molar-refractivity contribution >= 4 is 29.1 Å². The van der Waals surface area contributed by atoms with Gasteiger partial charge in [0.15, 0.2) is 0 Å². The molecule has 13 nitrogen and oxygen atoms in total. The predicted molar refractivity (Wildman–Crippen MR) is 52.3 cm³/mol. The van der Waals surface area contributed by atoms with Crippen molar-refractivity contribution in [3.63, 3.8) is 0 Å². The summed E-state index contributed by atoms with van der Waals surface area (Å²) >= 11 is -1.66. The first-order valence-electron chi connectivity index (χ1n) is 2.02. The van der Waals surface area contributed by atoms with Crippen molar-refractivity contribution < 1.29 is 53.2 Å². The van der Waals surface area contributed by atoms with Crippen LogP contribution in [-0.2, 0) is 32.5 Å². The fourth-order valence-electron chi connectivity index (χ4n) is 0. The van der Waals surface area contributed by atoms with Crippen LogP contribution in [0, 0.1) is 46.0 Å². The van der Waals surface area contributed by atoms with Gasteiger partial charge in [0.1, 0.15) is 0 Å². The van der Waals surface area contributed by atoms with Gasteiger partial charge in [0, 0.05) is 0 Å². The molecule has 0 radical (unpaired) electrons. The number of hydrogen-bond donors (Lipinski definition) is 0. The minimum atomic E-state index is -1.75. The Morgan fingerprint density at radius 3 is 0.667 bits per heavy atom. The van der Waals surface area contributed by atoms with E-state index in [2.05, 4.69) is 0 Å². The zero-order chi connectivity index (χ0) is 14.3. The fraction of sp³-hybridized carbons (Fsp3) is 0. The van der Waals surface area contributed by atoms with Gasteiger partial charge < -0.3 is 51.4 Å². The molecule has 0 amide bonds. The van der Waals surface area contributed by atoms with Crippen LogP contribution in [0.3, 0.4) is 0 Å². The molecule has 0 aliphatic carbocycles. The summed E-state index contributed by atoms with van der Waals surface area (Å²) in [7, 11) is 14.8. The zero-order valence-corrected chi connectivity index (χ0v) is 12.9. The summed E-state index contributed by atoms with van der Waals surface area (Å²) < 4.78 is 0. The molecule has 0 aromatic rings. The Hall–Kier alpha value is -0.323. The predicted octanol–water partition coefficient (Wildman–Crippen LogP) is 0.521. The molecule has 0 aliphatic heterocycles. The smallest absolute Gasteiger partial charge is 3.00 e. The van der Waals surface area contributed by atoms with Crippen LogP contribution < -0.4 is 0 Å². The molecule has 0 aromatic carbocycles. The maximum Gasteiger partial charge on any atom is 3.00 e. The molecule has 0 rings (SSSR count). The van der Waals surface area contributed by atoms with Crippen LogP contribution in [-0.4, -0.2) is 20.7 Å². The topological polar surface area (TPSA) is 230 Å². The first-order valence-corrected chi connectivity index (χ1v) is 8.35. The standard InChI is InChI=1S/3ClH.3NO3.H2O.2Rh/c;;;3*2-1(3)4;;;/h3*1H;;;;1H2;;/q;;;3*-1;;2*+3/p-3. The quantitative estimate of drug-likeness (QED) is 0.248. The fourth-order valence-corrected chi connectivity index (χ4v) is 0. The van der Waals surface area contributed by atoms with E-state index >= 15 is 0 Å². The van der Waals surface area contributed by atoms with Crippen LogP contribution in [0.15, 0.2) is 0 Å². The number of halogens is 3. The van der Waals surface area contributed by atoms with Crippen LogP contribution in [0.25, 0.3) is 0 Å². The van der Waals surface area contributed by atoms with Gasteiger partial charge in [0.25, 0.3) is 0 Å². The molecule has 0 unspecified atom stereocenters. The van der Waals surface area contributed by atoms with Gasteiger partial charge in [-0.2, -0.15) is 0 Å². The van der Waals surface area contributed by atoms with Crippen molar-refractivity contribution in [2.24, 2.45) is 0 Å². The first-order chi connectivity index (χ1) is 6.93. The molecule has 18 heavy (non-hydrogen) atoms. The van der Waals surface area contributed by atoms with Crippen molar-refractivity contribution in [2.45, 2.75) is 0 Å². The maximum atomic E-state index is 8.25. The summed E-state index contributed by atoms with van der Waals surface area (Å²) in [5.41, 5.74) is 0. The summed E-state index contributed by atoms with van der Waals surface area (Å²) in [6, 6.07) is 0. The Morgan fingerprint density at radius 1 is 0.667 bits per heavy atom. The number of rotatable bonds is 0. The Bertz CT molecular complexity index is 158. The summed E-state index contributed by atoms with van der Waals surface area (Å²) in [5, 5.41) is 44.2. The van der Waals surface area contributed by atoms with E-state index in [1.165, 1.54) is 0 Å². The molecule has 0 saturated carbocycles. The van der Waals surface area contributed by atoms with E-state index in [9.17, 15) is 0 Å². The molecule has 2 N–H and O–H groups in total. The average Bonchev–Trinajstić information content (AvgIpc) is 1.76. The first kappa shape index (κ1) is 36.1. The van der Waals surface area contributed by atoms with E-state index in [0.29, 0.717) is 0 Å². The molecule has 116 valence electrons. The SMILES string of the molecule is O.O=[N+]([O-])[O-].O=[N+]([O-])[O-].O=[N+]([O-])[O-].[Cl][Rh]([Cl])[Cl].[Rh+3]. The molecular formula is H2Cl3N3O10Rh2. The second-order valence-electron chi connectivity index (χ2n) is 0.814. The van der Waals surface area contributed by atoms with Crippen LogP contribution >= 0.6 is 29.1 Å². The molecule has 0 heterocycles. The Labute approximate surface area is 128 Å². The zero-order valence-electron chi connectivity index (χ0n) is 7.32. The number of hydrogen-bond acceptors (Lipinski definition) is 9. The molecule has 0 saturated heterocycles. The monoisotopic (exact) mass is 515 g/mol. The minimum absolute atomic E-state index is 0. The van der Waals surface area contributed by atoms with Crippen molar-refractivity contribution in [3.8, 4) is 0 Å². The minimum Gasteiger partial charge on any atom is 3.00 e. The molecule has 0 bridgehead atoms. The van der Waals surface area contributed by atoms with Crippen LogP contribution in [0.4, 0.5) is 0 Å². The average molecular weight is 516 g/mol. The van der Waals surface area contributed by atoms with Gasteiger partial charge in [-0.05, 0) is 0 Å². The maximum absolute atomic E-state index is 8.25. The van der Waals surface area contributed by atoms with Gasteiger partial charge >= 0.3 is 61.5 Å². The molecule has 0 spiro atoms. The van der Waals surface area contributed by atoms with Crippen LogP contribution in [0.2, 0.25) is 0 Å². The summed E-state index contributed by atoms with van der Waals surface area (Å²) in [5.74, 6) is 0. The van der Waals surface area contributed by atoms with E-state index in [-0.39, 0.29) is 25.0 Å². The van der Waals surface area contributed by atoms with Crippen molar-refractivity contribution in [1.29, 1.82) is 0 Å². The Morgan fingerprint density at radius 2 is 0.667 bits per heavy atom. The van der Waals surface area contributed by atoms with Crippen molar-refractivity contribution in [3.05, 3.63) is 46.0 Å². The summed E-state index contributed by atoms with van der Waals surface area (Å²) in [6.45, 7) is 0. The van der Waals surface area contributed by atoms with Crippen molar-refractivity contribution in [1.82, 2.24) is 0 Å². The number of nitrogens with zero attached hydrogens (tertiary/aromatic N) is 3. The molecule has 0 fully saturated rings. The van der Waals surface area contributed by atoms with Crippen molar-refractivity contribution in [2.75, 3.05) is 0 Å². The van der Waals surface area contributed by atoms with Crippen LogP contribution in [0.5, 0.6) is 0 Å². The third kappa shape index (κ3) is 32300. The molecule has 0 atom stereocenters. The molecule has 18 heteroatoms. The second-order valence-corrected chi connectivity index (χ2v) is 8.28. The van der Waals surface area contributed by atoms with Gasteiger partial charge in [-0.3, -0.25) is 0 Å². The largest absolute Gasteiger partial charge is 3.00 e. The second kappa shape index (κ2) is 30.1. The van der Waals surface area contributed by atoms with E-state index in [1.807, 2.05) is 0 Å². The van der Waals surface area contributed by atoms with Crippen LogP contribution in [0.1, 0.15) is 0 Å². The Kier molecular flexibility index (Phi) is 60.2. The Balaban J connectivity index is -0.0000000257. The van der Waals surface area contributed by atoms with E-state index in [0.717, 1.165) is 0 Å². The van der Waals surface area contributed by atoms with Gasteiger partial charge in [0.05, 0.1) is 15.3 Å². The van der Waals surface area contributed by atoms with Gasteiger partial charge in [-0.25, -0.2) is 0 Å². The summed E-state index contributed by atoms with van der Waals surface area (Å²) in [6.07, 6.45) is 0. The third-order valence-electron chi connectivity index (χ3n) is 0. The molecule has 0 aliphatic rings.